The van der Waals surface area contributed by atoms with Gasteiger partial charge in [0.05, 0.1) is 13.0 Å². The number of nitrogens with zero attached hydrogens (tertiary/aromatic N) is 1. The highest BCUT2D eigenvalue weighted by atomic mass is 16.5. The summed E-state index contributed by atoms with van der Waals surface area (Å²) in [6, 6.07) is 8.92. The van der Waals surface area contributed by atoms with Crippen molar-refractivity contribution in [3.05, 3.63) is 35.4 Å². The minimum atomic E-state index is -0.476. The molecule has 1 aromatic rings. The fraction of sp³-hybridized carbons (Fsp3) is 0.619. The molecule has 0 spiro atoms. The van der Waals surface area contributed by atoms with Gasteiger partial charge < -0.3 is 15.0 Å². The SMILES string of the molecule is CCC[C@H](CNC(=O)OC)C(=O)N1CC2CC2(c2ccc(CC)cc2)C1. The van der Waals surface area contributed by atoms with Gasteiger partial charge in [-0.1, -0.05) is 44.5 Å². The van der Waals surface area contributed by atoms with Crippen molar-refractivity contribution in [3.8, 4) is 0 Å². The number of nitrogens with one attached hydrogen (secondary N) is 1. The molecule has 26 heavy (non-hydrogen) atoms. The molecule has 0 radical (unpaired) electrons. The number of ether oxygens (including phenoxy) is 1. The van der Waals surface area contributed by atoms with E-state index < -0.39 is 6.09 Å². The van der Waals surface area contributed by atoms with E-state index in [9.17, 15) is 9.59 Å². The maximum atomic E-state index is 13.0. The van der Waals surface area contributed by atoms with Crippen molar-refractivity contribution < 1.29 is 14.3 Å². The smallest absolute Gasteiger partial charge is 0.406 e. The second-order valence-corrected chi connectivity index (χ2v) is 7.68. The van der Waals surface area contributed by atoms with Gasteiger partial charge in [-0.15, -0.1) is 0 Å². The highest BCUT2D eigenvalue weighted by molar-refractivity contribution is 5.80. The summed E-state index contributed by atoms with van der Waals surface area (Å²) in [5, 5.41) is 2.69. The molecule has 1 saturated heterocycles. The summed E-state index contributed by atoms with van der Waals surface area (Å²) in [7, 11) is 1.34. The number of piperidine rings is 1. The number of carbonyl (C=O) groups is 2. The normalized spacial score (nSPS) is 24.7. The lowest BCUT2D eigenvalue weighted by atomic mass is 9.93. The number of likely N-dealkylation sites (tertiary alicyclic amines) is 1. The molecule has 2 amide bonds. The maximum absolute atomic E-state index is 13.0. The fourth-order valence-electron chi connectivity index (χ4n) is 4.37. The van der Waals surface area contributed by atoms with Gasteiger partial charge in [-0.3, -0.25) is 4.79 Å². The zero-order valence-electron chi connectivity index (χ0n) is 16.1. The van der Waals surface area contributed by atoms with Crippen LogP contribution in [0.2, 0.25) is 0 Å². The monoisotopic (exact) mass is 358 g/mol. The van der Waals surface area contributed by atoms with Crippen LogP contribution in [0.15, 0.2) is 24.3 Å². The molecule has 3 atom stereocenters. The minimum absolute atomic E-state index is 0.161. The summed E-state index contributed by atoms with van der Waals surface area (Å²) < 4.78 is 4.63. The highest BCUT2D eigenvalue weighted by Crippen LogP contribution is 2.59. The topological polar surface area (TPSA) is 58.6 Å². The number of methoxy groups -OCH3 is 1. The summed E-state index contributed by atoms with van der Waals surface area (Å²) in [5.41, 5.74) is 2.88. The van der Waals surface area contributed by atoms with Crippen molar-refractivity contribution in [2.45, 2.75) is 44.9 Å². The van der Waals surface area contributed by atoms with Crippen LogP contribution < -0.4 is 5.32 Å². The minimum Gasteiger partial charge on any atom is -0.453 e. The Kier molecular flexibility index (Phi) is 5.54. The number of rotatable bonds is 7. The van der Waals surface area contributed by atoms with Gasteiger partial charge in [-0.2, -0.15) is 0 Å². The number of amides is 2. The van der Waals surface area contributed by atoms with E-state index in [1.54, 1.807) is 0 Å². The summed E-state index contributed by atoms with van der Waals surface area (Å²) in [6.07, 6.45) is 3.45. The van der Waals surface area contributed by atoms with Crippen LogP contribution in [-0.2, 0) is 21.4 Å². The zero-order valence-corrected chi connectivity index (χ0v) is 16.1. The van der Waals surface area contributed by atoms with Gasteiger partial charge in [0.1, 0.15) is 0 Å². The molecule has 2 fully saturated rings. The lowest BCUT2D eigenvalue weighted by Crippen LogP contribution is -2.42. The number of fused-ring (bicyclic) bond motifs is 1. The summed E-state index contributed by atoms with van der Waals surface area (Å²) in [4.78, 5) is 26.4. The molecule has 1 N–H and O–H groups in total. The molecule has 2 unspecified atom stereocenters. The number of hydrogen-bond donors (Lipinski definition) is 1. The molecular formula is C21H30N2O3. The molecule has 5 nitrogen and oxygen atoms in total. The molecular weight excluding hydrogens is 328 g/mol. The molecule has 1 aromatic carbocycles. The van der Waals surface area contributed by atoms with Crippen LogP contribution in [0.3, 0.4) is 0 Å². The third kappa shape index (κ3) is 3.57. The van der Waals surface area contributed by atoms with E-state index in [0.29, 0.717) is 12.5 Å². The summed E-state index contributed by atoms with van der Waals surface area (Å²) >= 11 is 0. The molecule has 1 heterocycles. The molecule has 1 saturated carbocycles. The van der Waals surface area contributed by atoms with E-state index in [1.165, 1.54) is 24.7 Å². The van der Waals surface area contributed by atoms with Gasteiger partial charge >= 0.3 is 6.09 Å². The number of aryl methyl sites for hydroxylation is 1. The Morgan fingerprint density at radius 1 is 1.31 bits per heavy atom. The fourth-order valence-corrected chi connectivity index (χ4v) is 4.37. The van der Waals surface area contributed by atoms with Gasteiger partial charge in [-0.05, 0) is 36.3 Å². The van der Waals surface area contributed by atoms with Crippen molar-refractivity contribution in [2.75, 3.05) is 26.7 Å². The molecule has 0 aromatic heterocycles. The van der Waals surface area contributed by atoms with E-state index >= 15 is 0 Å². The Hall–Kier alpha value is -2.04. The van der Waals surface area contributed by atoms with Crippen molar-refractivity contribution in [1.29, 1.82) is 0 Å². The third-order valence-corrected chi connectivity index (χ3v) is 6.06. The van der Waals surface area contributed by atoms with Crippen molar-refractivity contribution in [2.24, 2.45) is 11.8 Å². The van der Waals surface area contributed by atoms with Crippen LogP contribution >= 0.6 is 0 Å². The van der Waals surface area contributed by atoms with Crippen LogP contribution in [0.4, 0.5) is 4.79 Å². The Bertz CT molecular complexity index is 658. The van der Waals surface area contributed by atoms with Crippen LogP contribution in [-0.4, -0.2) is 43.6 Å². The molecule has 1 aliphatic heterocycles. The van der Waals surface area contributed by atoms with Gasteiger partial charge in [0.15, 0.2) is 0 Å². The average Bonchev–Trinajstić information content (AvgIpc) is 3.25. The molecule has 0 bridgehead atoms. The lowest BCUT2D eigenvalue weighted by Gasteiger charge is -2.26. The maximum Gasteiger partial charge on any atom is 0.406 e. The Balaban J connectivity index is 1.65. The van der Waals surface area contributed by atoms with Crippen LogP contribution in [0.25, 0.3) is 0 Å². The molecule has 5 heteroatoms. The van der Waals surface area contributed by atoms with Crippen molar-refractivity contribution >= 4 is 12.0 Å². The standard InChI is InChI=1S/C21H30N2O3/c1-4-6-16(12-22-20(25)26-3)19(24)23-13-18-11-21(18,14-23)17-9-7-15(5-2)8-10-17/h7-10,16,18H,4-6,11-14H2,1-3H3,(H,22,25)/t16-,18?,21?/m1/s1. The van der Waals surface area contributed by atoms with Crippen LogP contribution in [0.5, 0.6) is 0 Å². The van der Waals surface area contributed by atoms with E-state index in [4.69, 9.17) is 0 Å². The van der Waals surface area contributed by atoms with E-state index in [-0.39, 0.29) is 17.2 Å². The Morgan fingerprint density at radius 3 is 2.65 bits per heavy atom. The lowest BCUT2D eigenvalue weighted by molar-refractivity contribution is -0.135. The number of hydrogen-bond acceptors (Lipinski definition) is 3. The van der Waals surface area contributed by atoms with Gasteiger partial charge in [0.25, 0.3) is 0 Å². The van der Waals surface area contributed by atoms with Crippen molar-refractivity contribution in [3.63, 3.8) is 0 Å². The third-order valence-electron chi connectivity index (χ3n) is 6.06. The quantitative estimate of drug-likeness (QED) is 0.815. The highest BCUT2D eigenvalue weighted by Gasteiger charge is 2.61. The number of benzene rings is 1. The van der Waals surface area contributed by atoms with E-state index in [0.717, 1.165) is 32.4 Å². The number of carbonyl (C=O) groups excluding carboxylic acids is 2. The van der Waals surface area contributed by atoms with Crippen LogP contribution in [0, 0.1) is 11.8 Å². The zero-order chi connectivity index (χ0) is 18.7. The van der Waals surface area contributed by atoms with Gasteiger partial charge in [0.2, 0.25) is 5.91 Å². The first-order valence-electron chi connectivity index (χ1n) is 9.74. The molecule has 3 rings (SSSR count). The first-order chi connectivity index (χ1) is 12.5. The predicted molar refractivity (Wildman–Crippen MR) is 101 cm³/mol. The Labute approximate surface area is 156 Å². The Morgan fingerprint density at radius 2 is 2.04 bits per heavy atom. The van der Waals surface area contributed by atoms with E-state index in [1.807, 2.05) is 4.90 Å². The summed E-state index contributed by atoms with van der Waals surface area (Å²) in [5.74, 6) is 0.575. The second-order valence-electron chi connectivity index (χ2n) is 7.68. The molecule has 142 valence electrons. The second kappa shape index (κ2) is 7.68. The van der Waals surface area contributed by atoms with Crippen molar-refractivity contribution in [1.82, 2.24) is 10.2 Å². The molecule has 1 aliphatic carbocycles. The summed E-state index contributed by atoms with van der Waals surface area (Å²) in [6.45, 7) is 6.22. The first-order valence-corrected chi connectivity index (χ1v) is 9.74. The average molecular weight is 358 g/mol. The number of alkyl carbamates (subject to hydrolysis) is 1. The van der Waals surface area contributed by atoms with Gasteiger partial charge in [-0.25, -0.2) is 4.79 Å². The van der Waals surface area contributed by atoms with Gasteiger partial charge in [0, 0.05) is 25.0 Å². The largest absolute Gasteiger partial charge is 0.453 e. The molecule has 2 aliphatic rings. The van der Waals surface area contributed by atoms with E-state index in [2.05, 4.69) is 48.2 Å². The first kappa shape index (κ1) is 18.7. The predicted octanol–water partition coefficient (Wildman–Crippen LogP) is 3.12. The van der Waals surface area contributed by atoms with Crippen LogP contribution in [0.1, 0.15) is 44.2 Å².